The fourth-order valence-corrected chi connectivity index (χ4v) is 3.49. The van der Waals surface area contributed by atoms with Gasteiger partial charge in [-0.05, 0) is 24.8 Å². The van der Waals surface area contributed by atoms with Crippen molar-refractivity contribution in [2.45, 2.75) is 40.0 Å². The highest BCUT2D eigenvalue weighted by atomic mass is 32.1. The summed E-state index contributed by atoms with van der Waals surface area (Å²) in [6, 6.07) is 8.57. The first-order valence-electron chi connectivity index (χ1n) is 7.14. The van der Waals surface area contributed by atoms with Crippen molar-refractivity contribution in [1.29, 1.82) is 0 Å². The number of rotatable bonds is 1. The van der Waals surface area contributed by atoms with E-state index in [9.17, 15) is 0 Å². The van der Waals surface area contributed by atoms with Gasteiger partial charge in [-0.3, -0.25) is 4.40 Å². The first-order chi connectivity index (χ1) is 9.79. The Morgan fingerprint density at radius 2 is 1.71 bits per heavy atom. The summed E-state index contributed by atoms with van der Waals surface area (Å²) in [5.41, 5.74) is 10.9. The monoisotopic (exact) mass is 299 g/mol. The van der Waals surface area contributed by atoms with Crippen molar-refractivity contribution >= 4 is 22.1 Å². The van der Waals surface area contributed by atoms with Crippen molar-refractivity contribution in [3.8, 4) is 11.3 Å². The van der Waals surface area contributed by atoms with Gasteiger partial charge in [-0.2, -0.15) is 0 Å². The van der Waals surface area contributed by atoms with Gasteiger partial charge in [0.1, 0.15) is 11.5 Å². The van der Waals surface area contributed by atoms with E-state index in [1.165, 1.54) is 16.1 Å². The Morgan fingerprint density at radius 3 is 2.24 bits per heavy atom. The highest BCUT2D eigenvalue weighted by Gasteiger charge is 2.17. The van der Waals surface area contributed by atoms with Gasteiger partial charge in [0.25, 0.3) is 0 Å². The van der Waals surface area contributed by atoms with E-state index >= 15 is 0 Å². The summed E-state index contributed by atoms with van der Waals surface area (Å²) in [5, 5.41) is 0. The van der Waals surface area contributed by atoms with E-state index in [-0.39, 0.29) is 5.41 Å². The minimum atomic E-state index is 0.159. The van der Waals surface area contributed by atoms with Crippen molar-refractivity contribution in [1.82, 2.24) is 9.38 Å². The smallest absolute Gasteiger partial charge is 0.196 e. The van der Waals surface area contributed by atoms with Gasteiger partial charge in [-0.25, -0.2) is 4.98 Å². The van der Waals surface area contributed by atoms with E-state index in [1.807, 2.05) is 4.40 Å². The molecule has 1 aromatic carbocycles. The summed E-state index contributed by atoms with van der Waals surface area (Å²) < 4.78 is 2.05. The lowest BCUT2D eigenvalue weighted by molar-refractivity contribution is 0.590. The highest BCUT2D eigenvalue weighted by molar-refractivity contribution is 7.17. The lowest BCUT2D eigenvalue weighted by atomic mass is 9.86. The van der Waals surface area contributed by atoms with Gasteiger partial charge < -0.3 is 5.73 Å². The Labute approximate surface area is 129 Å². The van der Waals surface area contributed by atoms with Crippen LogP contribution in [0.25, 0.3) is 16.2 Å². The predicted octanol–water partition coefficient (Wildman–Crippen LogP) is 4.56. The van der Waals surface area contributed by atoms with Crippen LogP contribution in [0.4, 0.5) is 5.82 Å². The Bertz CT molecular complexity index is 801. The van der Waals surface area contributed by atoms with Gasteiger partial charge in [0, 0.05) is 16.1 Å². The molecule has 110 valence electrons. The molecule has 2 heterocycles. The summed E-state index contributed by atoms with van der Waals surface area (Å²) in [5.74, 6) is 0.732. The molecule has 0 amide bonds. The van der Waals surface area contributed by atoms with Crippen LogP contribution in [0.15, 0.2) is 24.3 Å². The van der Waals surface area contributed by atoms with E-state index in [0.717, 1.165) is 22.0 Å². The molecule has 0 saturated heterocycles. The number of imidazole rings is 1. The Kier molecular flexibility index (Phi) is 3.10. The summed E-state index contributed by atoms with van der Waals surface area (Å²) in [6.45, 7) is 10.8. The number of aryl methyl sites for hydroxylation is 2. The van der Waals surface area contributed by atoms with Crippen LogP contribution in [-0.2, 0) is 5.41 Å². The first kappa shape index (κ1) is 14.1. The van der Waals surface area contributed by atoms with Crippen LogP contribution in [0, 0.1) is 13.8 Å². The normalized spacial score (nSPS) is 12.2. The average Bonchev–Trinajstić information content (AvgIpc) is 2.87. The highest BCUT2D eigenvalue weighted by Crippen LogP contribution is 2.33. The van der Waals surface area contributed by atoms with Crippen LogP contribution in [0.5, 0.6) is 0 Å². The molecule has 0 aliphatic heterocycles. The van der Waals surface area contributed by atoms with E-state index in [2.05, 4.69) is 58.9 Å². The summed E-state index contributed by atoms with van der Waals surface area (Å²) in [4.78, 5) is 6.95. The van der Waals surface area contributed by atoms with Crippen molar-refractivity contribution in [3.63, 3.8) is 0 Å². The van der Waals surface area contributed by atoms with Crippen molar-refractivity contribution < 1.29 is 0 Å². The van der Waals surface area contributed by atoms with Crippen LogP contribution < -0.4 is 5.73 Å². The third kappa shape index (κ3) is 2.23. The van der Waals surface area contributed by atoms with E-state index in [0.29, 0.717) is 0 Å². The van der Waals surface area contributed by atoms with E-state index in [4.69, 9.17) is 10.7 Å². The molecule has 0 aliphatic carbocycles. The van der Waals surface area contributed by atoms with E-state index in [1.54, 1.807) is 11.3 Å². The first-order valence-corrected chi connectivity index (χ1v) is 7.95. The third-order valence-corrected chi connectivity index (χ3v) is 5.05. The molecule has 0 bridgehead atoms. The topological polar surface area (TPSA) is 43.3 Å². The van der Waals surface area contributed by atoms with Gasteiger partial charge in [-0.15, -0.1) is 11.3 Å². The maximum atomic E-state index is 6.32. The number of nitrogens with zero attached hydrogens (tertiary/aromatic N) is 2. The molecule has 0 saturated carbocycles. The number of fused-ring (bicyclic) bond motifs is 1. The molecule has 3 nitrogen and oxygen atoms in total. The molecule has 3 rings (SSSR count). The van der Waals surface area contributed by atoms with Crippen LogP contribution >= 0.6 is 11.3 Å². The second-order valence-corrected chi connectivity index (χ2v) is 7.72. The predicted molar refractivity (Wildman–Crippen MR) is 91.1 cm³/mol. The molecule has 2 aromatic heterocycles. The molecule has 0 atom stereocenters. The molecule has 0 radical (unpaired) electrons. The maximum absolute atomic E-state index is 6.32. The molecule has 0 fully saturated rings. The Hall–Kier alpha value is -1.81. The molecule has 4 heteroatoms. The number of aromatic nitrogens is 2. The number of hydrogen-bond donors (Lipinski definition) is 1. The summed E-state index contributed by atoms with van der Waals surface area (Å²) in [7, 11) is 0. The standard InChI is InChI=1S/C17H21N3S/c1-10-11(2)21-16-19-14(15(18)20(10)16)12-6-8-13(9-7-12)17(3,4)5/h6-9H,18H2,1-5H3. The molecular weight excluding hydrogens is 278 g/mol. The number of nitrogens with two attached hydrogens (primary N) is 1. The minimum absolute atomic E-state index is 0.159. The fourth-order valence-electron chi connectivity index (χ4n) is 2.51. The summed E-state index contributed by atoms with van der Waals surface area (Å²) in [6.07, 6.45) is 0. The van der Waals surface area contributed by atoms with Crippen molar-refractivity contribution in [2.75, 3.05) is 5.73 Å². The van der Waals surface area contributed by atoms with Crippen LogP contribution in [0.1, 0.15) is 36.9 Å². The largest absolute Gasteiger partial charge is 0.383 e. The van der Waals surface area contributed by atoms with Crippen LogP contribution in [0.3, 0.4) is 0 Å². The molecule has 0 aliphatic rings. The molecule has 2 N–H and O–H groups in total. The average molecular weight is 299 g/mol. The molecular formula is C17H21N3S. The van der Waals surface area contributed by atoms with E-state index < -0.39 is 0 Å². The zero-order chi connectivity index (χ0) is 15.4. The number of thiazole rings is 1. The maximum Gasteiger partial charge on any atom is 0.196 e. The molecule has 21 heavy (non-hydrogen) atoms. The number of nitrogen functional groups attached to an aromatic ring is 1. The summed E-state index contributed by atoms with van der Waals surface area (Å²) >= 11 is 1.69. The second kappa shape index (κ2) is 4.60. The third-order valence-electron chi connectivity index (χ3n) is 4.00. The van der Waals surface area contributed by atoms with Crippen LogP contribution in [-0.4, -0.2) is 9.38 Å². The molecule has 3 aromatic rings. The second-order valence-electron chi connectivity index (χ2n) is 6.53. The minimum Gasteiger partial charge on any atom is -0.383 e. The quantitative estimate of drug-likeness (QED) is 0.716. The number of anilines is 1. The number of hydrogen-bond acceptors (Lipinski definition) is 3. The van der Waals surface area contributed by atoms with Crippen molar-refractivity contribution in [3.05, 3.63) is 40.4 Å². The Morgan fingerprint density at radius 1 is 1.10 bits per heavy atom. The van der Waals surface area contributed by atoms with Gasteiger partial charge in [0.05, 0.1) is 0 Å². The SMILES string of the molecule is Cc1sc2nc(-c3ccc(C(C)(C)C)cc3)c(N)n2c1C. The lowest BCUT2D eigenvalue weighted by Gasteiger charge is -2.19. The van der Waals surface area contributed by atoms with Gasteiger partial charge in [0.15, 0.2) is 4.96 Å². The fraction of sp³-hybridized carbons (Fsp3) is 0.353. The van der Waals surface area contributed by atoms with Gasteiger partial charge in [-0.1, -0.05) is 45.0 Å². The van der Waals surface area contributed by atoms with Crippen molar-refractivity contribution in [2.24, 2.45) is 0 Å². The zero-order valence-electron chi connectivity index (χ0n) is 13.2. The van der Waals surface area contributed by atoms with Gasteiger partial charge >= 0.3 is 0 Å². The van der Waals surface area contributed by atoms with Crippen LogP contribution in [0.2, 0.25) is 0 Å². The number of benzene rings is 1. The Balaban J connectivity index is 2.10. The lowest BCUT2D eigenvalue weighted by Crippen LogP contribution is -2.10. The molecule has 0 unspecified atom stereocenters. The zero-order valence-corrected chi connectivity index (χ0v) is 14.0. The van der Waals surface area contributed by atoms with Gasteiger partial charge in [0.2, 0.25) is 0 Å². The molecule has 0 spiro atoms.